The smallest absolute Gasteiger partial charge is 0.259 e. The van der Waals surface area contributed by atoms with Crippen molar-refractivity contribution in [1.82, 2.24) is 10.1 Å². The monoisotopic (exact) mass is 332 g/mol. The lowest BCUT2D eigenvalue weighted by molar-refractivity contribution is 0.0307. The van der Waals surface area contributed by atoms with Gasteiger partial charge in [0.25, 0.3) is 5.89 Å². The summed E-state index contributed by atoms with van der Waals surface area (Å²) < 4.78 is 6.18. The van der Waals surface area contributed by atoms with Crippen molar-refractivity contribution in [2.45, 2.75) is 12.0 Å². The fourth-order valence-corrected chi connectivity index (χ4v) is 4.25. The topological polar surface area (TPSA) is 59.2 Å². The van der Waals surface area contributed by atoms with E-state index in [0.717, 1.165) is 15.1 Å². The van der Waals surface area contributed by atoms with Gasteiger partial charge < -0.3 is 9.63 Å². The van der Waals surface area contributed by atoms with E-state index in [9.17, 15) is 5.11 Å². The van der Waals surface area contributed by atoms with Crippen LogP contribution in [0.4, 0.5) is 0 Å². The molecule has 3 rings (SSSR count). The summed E-state index contributed by atoms with van der Waals surface area (Å²) in [6.45, 7) is 0. The van der Waals surface area contributed by atoms with E-state index in [1.54, 1.807) is 11.8 Å². The predicted molar refractivity (Wildman–Crippen MR) is 71.1 cm³/mol. The molecule has 7 heteroatoms. The first-order valence-corrected chi connectivity index (χ1v) is 7.89. The Balaban J connectivity index is 1.92. The second-order valence-corrected chi connectivity index (χ2v) is 6.82. The fraction of sp³-hybridized carbons (Fsp3) is 0.400. The first kappa shape index (κ1) is 11.7. The molecule has 0 radical (unpaired) electrons. The summed E-state index contributed by atoms with van der Waals surface area (Å²) in [5.74, 6) is 2.43. The van der Waals surface area contributed by atoms with Gasteiger partial charge in [-0.3, -0.25) is 0 Å². The van der Waals surface area contributed by atoms with Crippen molar-refractivity contribution in [3.8, 4) is 10.7 Å². The average Bonchev–Trinajstić information content (AvgIpc) is 2.96. The number of aromatic nitrogens is 2. The lowest BCUT2D eigenvalue weighted by Crippen LogP contribution is -2.25. The summed E-state index contributed by atoms with van der Waals surface area (Å²) >= 11 is 6.63. The second kappa shape index (κ2) is 4.38. The maximum absolute atomic E-state index is 10.3. The molecule has 1 aliphatic heterocycles. The van der Waals surface area contributed by atoms with Crippen LogP contribution in [-0.4, -0.2) is 26.8 Å². The average molecular weight is 333 g/mol. The summed E-state index contributed by atoms with van der Waals surface area (Å²) in [5, 5.41) is 16.2. The molecule has 0 amide bonds. The number of rotatable bonds is 2. The molecule has 1 atom stereocenters. The van der Waals surface area contributed by atoms with Gasteiger partial charge in [-0.1, -0.05) is 5.16 Å². The molecule has 1 unspecified atom stereocenters. The Morgan fingerprint density at radius 3 is 3.06 bits per heavy atom. The molecule has 1 fully saturated rings. The molecule has 3 heterocycles. The molecule has 0 aliphatic carbocycles. The summed E-state index contributed by atoms with van der Waals surface area (Å²) in [4.78, 5) is 5.23. The zero-order valence-corrected chi connectivity index (χ0v) is 11.9. The third-order valence-corrected chi connectivity index (χ3v) is 5.47. The summed E-state index contributed by atoms with van der Waals surface area (Å²) in [6, 6.07) is 1.94. The lowest BCUT2D eigenvalue weighted by atomic mass is 10.0. The van der Waals surface area contributed by atoms with E-state index in [2.05, 4.69) is 26.1 Å². The predicted octanol–water partition coefficient (Wildman–Crippen LogP) is 2.89. The van der Waals surface area contributed by atoms with Crippen molar-refractivity contribution in [3.05, 3.63) is 21.8 Å². The van der Waals surface area contributed by atoms with E-state index in [-0.39, 0.29) is 0 Å². The Hall–Kier alpha value is -0.370. The van der Waals surface area contributed by atoms with Crippen molar-refractivity contribution in [1.29, 1.82) is 0 Å². The standard InChI is InChI=1S/C10H9BrN2O2S2/c11-6-3-7(17-4-6)8-12-9(15-13-8)10(14)1-2-16-5-10/h3-4,14H,1-2,5H2. The normalized spacial score (nSPS) is 24.4. The Morgan fingerprint density at radius 2 is 2.41 bits per heavy atom. The van der Waals surface area contributed by atoms with E-state index in [0.29, 0.717) is 23.9 Å². The van der Waals surface area contributed by atoms with E-state index in [1.807, 2.05) is 11.4 Å². The van der Waals surface area contributed by atoms with Gasteiger partial charge in [-0.25, -0.2) is 0 Å². The minimum Gasteiger partial charge on any atom is -0.379 e. The molecule has 2 aromatic heterocycles. The van der Waals surface area contributed by atoms with Crippen LogP contribution in [0, 0.1) is 0 Å². The molecule has 0 aromatic carbocycles. The number of thiophene rings is 1. The van der Waals surface area contributed by atoms with Crippen molar-refractivity contribution in [2.75, 3.05) is 11.5 Å². The lowest BCUT2D eigenvalue weighted by Gasteiger charge is -2.14. The van der Waals surface area contributed by atoms with Crippen LogP contribution in [-0.2, 0) is 5.60 Å². The zero-order valence-electron chi connectivity index (χ0n) is 8.72. The van der Waals surface area contributed by atoms with E-state index < -0.39 is 5.60 Å². The highest BCUT2D eigenvalue weighted by Gasteiger charge is 2.39. The van der Waals surface area contributed by atoms with Crippen LogP contribution >= 0.6 is 39.0 Å². The van der Waals surface area contributed by atoms with Gasteiger partial charge in [-0.05, 0) is 34.2 Å². The van der Waals surface area contributed by atoms with Crippen LogP contribution in [0.25, 0.3) is 10.7 Å². The van der Waals surface area contributed by atoms with Crippen LogP contribution in [0.3, 0.4) is 0 Å². The van der Waals surface area contributed by atoms with Crippen LogP contribution in [0.5, 0.6) is 0 Å². The van der Waals surface area contributed by atoms with Crippen LogP contribution in [0.15, 0.2) is 20.4 Å². The third-order valence-electron chi connectivity index (χ3n) is 2.61. The second-order valence-electron chi connectivity index (χ2n) is 3.89. The van der Waals surface area contributed by atoms with Crippen LogP contribution in [0.1, 0.15) is 12.3 Å². The van der Waals surface area contributed by atoms with Crippen molar-refractivity contribution in [2.24, 2.45) is 0 Å². The molecule has 0 spiro atoms. The quantitative estimate of drug-likeness (QED) is 0.916. The fourth-order valence-electron chi connectivity index (χ4n) is 1.67. The molecule has 0 saturated carbocycles. The molecular weight excluding hydrogens is 324 g/mol. The van der Waals surface area contributed by atoms with Gasteiger partial charge in [0, 0.05) is 15.6 Å². The van der Waals surface area contributed by atoms with Gasteiger partial charge in [0.2, 0.25) is 5.82 Å². The van der Waals surface area contributed by atoms with Crippen molar-refractivity contribution >= 4 is 39.0 Å². The number of hydrogen-bond donors (Lipinski definition) is 1. The molecule has 1 saturated heterocycles. The zero-order chi connectivity index (χ0) is 11.9. The minimum atomic E-state index is -0.940. The molecule has 17 heavy (non-hydrogen) atoms. The van der Waals surface area contributed by atoms with Gasteiger partial charge in [0.05, 0.1) is 4.88 Å². The summed E-state index contributed by atoms with van der Waals surface area (Å²) in [7, 11) is 0. The maximum Gasteiger partial charge on any atom is 0.259 e. The molecule has 1 N–H and O–H groups in total. The SMILES string of the molecule is OC1(c2nc(-c3cc(Br)cs3)no2)CCSC1. The van der Waals surface area contributed by atoms with Gasteiger partial charge in [-0.2, -0.15) is 16.7 Å². The Morgan fingerprint density at radius 1 is 1.53 bits per heavy atom. The number of nitrogens with zero attached hydrogens (tertiary/aromatic N) is 2. The molecular formula is C10H9BrN2O2S2. The Bertz CT molecular complexity index is 534. The van der Waals surface area contributed by atoms with Crippen molar-refractivity contribution in [3.63, 3.8) is 0 Å². The number of halogens is 1. The Labute approximate surface area is 115 Å². The Kier molecular flexibility index (Phi) is 3.02. The molecule has 90 valence electrons. The third kappa shape index (κ3) is 2.16. The number of thioether (sulfide) groups is 1. The molecule has 0 bridgehead atoms. The largest absolute Gasteiger partial charge is 0.379 e. The first-order chi connectivity index (χ1) is 8.17. The summed E-state index contributed by atoms with van der Waals surface area (Å²) in [6.07, 6.45) is 0.674. The van der Waals surface area contributed by atoms with Crippen LogP contribution in [0.2, 0.25) is 0 Å². The molecule has 4 nitrogen and oxygen atoms in total. The number of hydrogen-bond acceptors (Lipinski definition) is 6. The number of aliphatic hydroxyl groups is 1. The van der Waals surface area contributed by atoms with E-state index in [4.69, 9.17) is 4.52 Å². The van der Waals surface area contributed by atoms with Gasteiger partial charge in [0.15, 0.2) is 5.60 Å². The highest BCUT2D eigenvalue weighted by atomic mass is 79.9. The molecule has 1 aliphatic rings. The van der Waals surface area contributed by atoms with E-state index in [1.165, 1.54) is 11.3 Å². The molecule has 2 aromatic rings. The van der Waals surface area contributed by atoms with Gasteiger partial charge >= 0.3 is 0 Å². The van der Waals surface area contributed by atoms with Crippen molar-refractivity contribution < 1.29 is 9.63 Å². The van der Waals surface area contributed by atoms with Gasteiger partial charge in [-0.15, -0.1) is 11.3 Å². The highest BCUT2D eigenvalue weighted by Crippen LogP contribution is 2.37. The first-order valence-electron chi connectivity index (χ1n) is 5.06. The maximum atomic E-state index is 10.3. The minimum absolute atomic E-state index is 0.335. The van der Waals surface area contributed by atoms with E-state index >= 15 is 0 Å². The summed E-state index contributed by atoms with van der Waals surface area (Å²) in [5.41, 5.74) is -0.940. The highest BCUT2D eigenvalue weighted by molar-refractivity contribution is 9.10. The van der Waals surface area contributed by atoms with Crippen LogP contribution < -0.4 is 0 Å². The van der Waals surface area contributed by atoms with Gasteiger partial charge in [0.1, 0.15) is 0 Å².